The second kappa shape index (κ2) is 8.69. The summed E-state index contributed by atoms with van der Waals surface area (Å²) in [5.74, 6) is -0.0544. The first-order valence-corrected chi connectivity index (χ1v) is 10.6. The second-order valence-corrected chi connectivity index (χ2v) is 7.84. The lowest BCUT2D eigenvalue weighted by molar-refractivity contribution is -0.137. The first-order valence-electron chi connectivity index (χ1n) is 9.58. The number of hydrogen-bond donors (Lipinski definition) is 0. The third kappa shape index (κ3) is 4.29. The number of thioether (sulfide) groups is 1. The summed E-state index contributed by atoms with van der Waals surface area (Å²) < 4.78 is 14.0. The maximum absolute atomic E-state index is 14.0. The number of hydrogen-bond acceptors (Lipinski definition) is 4. The van der Waals surface area contributed by atoms with Gasteiger partial charge in [0.15, 0.2) is 0 Å². The summed E-state index contributed by atoms with van der Waals surface area (Å²) in [5.41, 5.74) is 2.26. The van der Waals surface area contributed by atoms with Gasteiger partial charge in [0.1, 0.15) is 12.4 Å². The molecule has 4 rings (SSSR count). The van der Waals surface area contributed by atoms with Crippen LogP contribution in [-0.2, 0) is 9.59 Å². The van der Waals surface area contributed by atoms with Crippen LogP contribution in [0, 0.1) is 5.82 Å². The second-order valence-electron chi connectivity index (χ2n) is 6.98. The summed E-state index contributed by atoms with van der Waals surface area (Å²) in [6, 6.07) is 16.3. The molecule has 2 amide bonds. The highest BCUT2D eigenvalue weighted by atomic mass is 32.2. The number of amides is 2. The molecule has 0 N–H and O–H groups in total. The molecule has 0 aliphatic carbocycles. The van der Waals surface area contributed by atoms with Crippen LogP contribution < -0.4 is 4.90 Å². The normalized spacial score (nSPS) is 17.3. The van der Waals surface area contributed by atoms with Crippen LogP contribution in [0.4, 0.5) is 10.1 Å². The van der Waals surface area contributed by atoms with Crippen molar-refractivity contribution >= 4 is 35.0 Å². The summed E-state index contributed by atoms with van der Waals surface area (Å²) in [4.78, 5) is 30.7. The molecule has 0 bridgehead atoms. The standard InChI is InChI=1S/C22H22FN3O2S/c23-18-8-4-5-9-19(18)24-10-12-25(13-11-24)21(27)14-26-20(15-29-16-22(26)28)17-6-2-1-3-7-17/h1-9,15H,10-14,16H2. The van der Waals surface area contributed by atoms with Crippen molar-refractivity contribution < 1.29 is 14.0 Å². The fraction of sp³-hybridized carbons (Fsp3) is 0.273. The molecule has 7 heteroatoms. The number of carbonyl (C=O) groups excluding carboxylic acids is 2. The summed E-state index contributed by atoms with van der Waals surface area (Å²) in [6.07, 6.45) is 0. The molecule has 0 aromatic heterocycles. The Morgan fingerprint density at radius 1 is 0.966 bits per heavy atom. The first kappa shape index (κ1) is 19.5. The smallest absolute Gasteiger partial charge is 0.242 e. The van der Waals surface area contributed by atoms with Gasteiger partial charge in [-0.25, -0.2) is 4.39 Å². The number of anilines is 1. The van der Waals surface area contributed by atoms with E-state index in [4.69, 9.17) is 0 Å². The maximum Gasteiger partial charge on any atom is 0.242 e. The highest BCUT2D eigenvalue weighted by Gasteiger charge is 2.29. The Balaban J connectivity index is 1.41. The van der Waals surface area contributed by atoms with Crippen molar-refractivity contribution in [3.8, 4) is 0 Å². The van der Waals surface area contributed by atoms with Gasteiger partial charge in [-0.1, -0.05) is 42.5 Å². The van der Waals surface area contributed by atoms with Gasteiger partial charge in [0, 0.05) is 26.2 Å². The van der Waals surface area contributed by atoms with Crippen molar-refractivity contribution in [3.05, 3.63) is 71.4 Å². The topological polar surface area (TPSA) is 43.9 Å². The Morgan fingerprint density at radius 3 is 2.38 bits per heavy atom. The van der Waals surface area contributed by atoms with Crippen molar-refractivity contribution in [2.45, 2.75) is 0 Å². The summed E-state index contributed by atoms with van der Waals surface area (Å²) in [5, 5.41) is 1.94. The molecule has 0 unspecified atom stereocenters. The highest BCUT2D eigenvalue weighted by molar-refractivity contribution is 8.03. The van der Waals surface area contributed by atoms with E-state index in [1.807, 2.05) is 46.7 Å². The lowest BCUT2D eigenvalue weighted by atomic mass is 10.1. The van der Waals surface area contributed by atoms with Gasteiger partial charge in [0.05, 0.1) is 17.1 Å². The number of piperazine rings is 1. The van der Waals surface area contributed by atoms with Gasteiger partial charge in [0.25, 0.3) is 0 Å². The van der Waals surface area contributed by atoms with Gasteiger partial charge < -0.3 is 14.7 Å². The minimum absolute atomic E-state index is 0.0276. The highest BCUT2D eigenvalue weighted by Crippen LogP contribution is 2.28. The van der Waals surface area contributed by atoms with E-state index in [1.165, 1.54) is 17.8 Å². The van der Waals surface area contributed by atoms with Crippen LogP contribution in [0.25, 0.3) is 5.70 Å². The van der Waals surface area contributed by atoms with E-state index in [9.17, 15) is 14.0 Å². The van der Waals surface area contributed by atoms with E-state index < -0.39 is 0 Å². The van der Waals surface area contributed by atoms with Crippen molar-refractivity contribution in [1.82, 2.24) is 9.80 Å². The molecule has 0 radical (unpaired) electrons. The monoisotopic (exact) mass is 411 g/mol. The predicted molar refractivity (Wildman–Crippen MR) is 114 cm³/mol. The number of halogens is 1. The van der Waals surface area contributed by atoms with Gasteiger partial charge in [-0.05, 0) is 23.1 Å². The molecule has 2 aromatic rings. The van der Waals surface area contributed by atoms with Crippen LogP contribution in [0.5, 0.6) is 0 Å². The number of para-hydroxylation sites is 1. The molecule has 5 nitrogen and oxygen atoms in total. The molecule has 0 spiro atoms. The zero-order valence-corrected chi connectivity index (χ0v) is 16.8. The molecule has 1 saturated heterocycles. The number of carbonyl (C=O) groups is 2. The molecule has 2 aromatic carbocycles. The fourth-order valence-corrected chi connectivity index (χ4v) is 4.42. The van der Waals surface area contributed by atoms with Crippen LogP contribution >= 0.6 is 11.8 Å². The fourth-order valence-electron chi connectivity index (χ4n) is 3.61. The van der Waals surface area contributed by atoms with Crippen molar-refractivity contribution in [3.63, 3.8) is 0 Å². The average molecular weight is 412 g/mol. The minimum atomic E-state index is -0.249. The van der Waals surface area contributed by atoms with E-state index >= 15 is 0 Å². The van der Waals surface area contributed by atoms with Gasteiger partial charge in [0.2, 0.25) is 11.8 Å². The molecular weight excluding hydrogens is 389 g/mol. The predicted octanol–water partition coefficient (Wildman–Crippen LogP) is 3.05. The Labute approximate surface area is 173 Å². The van der Waals surface area contributed by atoms with E-state index in [-0.39, 0.29) is 24.2 Å². The van der Waals surface area contributed by atoms with E-state index in [0.717, 1.165) is 11.3 Å². The zero-order valence-electron chi connectivity index (χ0n) is 16.0. The summed E-state index contributed by atoms with van der Waals surface area (Å²) in [6.45, 7) is 2.18. The zero-order chi connectivity index (χ0) is 20.2. The van der Waals surface area contributed by atoms with Crippen molar-refractivity contribution in [1.29, 1.82) is 0 Å². The molecule has 150 valence electrons. The third-order valence-corrected chi connectivity index (χ3v) is 5.99. The molecular formula is C22H22FN3O2S. The summed E-state index contributed by atoms with van der Waals surface area (Å²) >= 11 is 1.45. The lowest BCUT2D eigenvalue weighted by Crippen LogP contribution is -2.52. The summed E-state index contributed by atoms with van der Waals surface area (Å²) in [7, 11) is 0. The Morgan fingerprint density at radius 2 is 1.66 bits per heavy atom. The van der Waals surface area contributed by atoms with Crippen LogP contribution in [0.15, 0.2) is 60.0 Å². The van der Waals surface area contributed by atoms with Gasteiger partial charge in [-0.2, -0.15) is 0 Å². The maximum atomic E-state index is 14.0. The van der Waals surface area contributed by atoms with Crippen LogP contribution in [-0.4, -0.2) is 60.1 Å². The quantitative estimate of drug-likeness (QED) is 0.776. The molecule has 29 heavy (non-hydrogen) atoms. The van der Waals surface area contributed by atoms with Gasteiger partial charge >= 0.3 is 0 Å². The van der Waals surface area contributed by atoms with Crippen molar-refractivity contribution in [2.24, 2.45) is 0 Å². The van der Waals surface area contributed by atoms with Crippen LogP contribution in [0.2, 0.25) is 0 Å². The Bertz CT molecular complexity index is 927. The molecule has 1 fully saturated rings. The number of benzene rings is 2. The molecule has 2 heterocycles. The van der Waals surface area contributed by atoms with Crippen LogP contribution in [0.1, 0.15) is 5.56 Å². The van der Waals surface area contributed by atoms with E-state index in [2.05, 4.69) is 0 Å². The van der Waals surface area contributed by atoms with E-state index in [0.29, 0.717) is 37.6 Å². The number of rotatable bonds is 4. The largest absolute Gasteiger partial charge is 0.366 e. The number of nitrogens with zero attached hydrogens (tertiary/aromatic N) is 3. The third-order valence-electron chi connectivity index (χ3n) is 5.18. The Hall–Kier alpha value is -2.80. The molecule has 0 atom stereocenters. The SMILES string of the molecule is O=C(CN1C(=O)CSC=C1c1ccccc1)N1CCN(c2ccccc2F)CC1. The average Bonchev–Trinajstić information content (AvgIpc) is 2.76. The molecule has 2 aliphatic rings. The van der Waals surface area contributed by atoms with E-state index in [1.54, 1.807) is 21.9 Å². The molecule has 0 saturated carbocycles. The van der Waals surface area contributed by atoms with Crippen LogP contribution in [0.3, 0.4) is 0 Å². The minimum Gasteiger partial charge on any atom is -0.366 e. The molecule has 2 aliphatic heterocycles. The lowest BCUT2D eigenvalue weighted by Gasteiger charge is -2.37. The van der Waals surface area contributed by atoms with Crippen molar-refractivity contribution in [2.75, 3.05) is 43.4 Å². The first-order chi connectivity index (χ1) is 14.1. The Kier molecular flexibility index (Phi) is 5.85. The van der Waals surface area contributed by atoms with Gasteiger partial charge in [-0.15, -0.1) is 11.8 Å². The van der Waals surface area contributed by atoms with Gasteiger partial charge in [-0.3, -0.25) is 9.59 Å².